The fraction of sp³-hybridized carbons (Fsp3) is 0.300. The van der Waals surface area contributed by atoms with Crippen LogP contribution in [0.2, 0.25) is 0 Å². The predicted molar refractivity (Wildman–Crippen MR) is 184 cm³/mol. The summed E-state index contributed by atoms with van der Waals surface area (Å²) in [7, 11) is 0. The van der Waals surface area contributed by atoms with E-state index in [-0.39, 0.29) is 0 Å². The van der Waals surface area contributed by atoms with Gasteiger partial charge in [-0.1, -0.05) is 108 Å². The van der Waals surface area contributed by atoms with Gasteiger partial charge in [-0.3, -0.25) is 0 Å². The van der Waals surface area contributed by atoms with Gasteiger partial charge in [-0.2, -0.15) is 0 Å². The van der Waals surface area contributed by atoms with Crippen LogP contribution in [0.15, 0.2) is 147 Å². The molecule has 0 spiro atoms. The number of nitrogens with two attached hydrogens (primary N) is 2. The largest absolute Gasteiger partial charge is 0.306 e. The van der Waals surface area contributed by atoms with E-state index >= 15 is 0 Å². The SMILES string of the molecule is C/C=C\C1=C(/C=C/C(C)=C/C=C(\C)c2ccc(C)cc2)C(N)(N)C2=C1CCC(/C(C)=C/C=C(\C)C1=CC=C(C)CC1)=C2. The van der Waals surface area contributed by atoms with Gasteiger partial charge in [0.25, 0.3) is 0 Å². The summed E-state index contributed by atoms with van der Waals surface area (Å²) in [5.41, 5.74) is 29.0. The van der Waals surface area contributed by atoms with Crippen molar-refractivity contribution in [3.05, 3.63) is 158 Å². The average molecular weight is 557 g/mol. The van der Waals surface area contributed by atoms with Crippen LogP contribution in [0.4, 0.5) is 0 Å². The molecule has 0 aliphatic heterocycles. The first kappa shape index (κ1) is 31.2. The van der Waals surface area contributed by atoms with Crippen LogP contribution in [-0.2, 0) is 0 Å². The zero-order chi connectivity index (χ0) is 30.4. The highest BCUT2D eigenvalue weighted by Gasteiger charge is 2.39. The second-order valence-electron chi connectivity index (χ2n) is 12.1. The minimum absolute atomic E-state index is 0.935. The summed E-state index contributed by atoms with van der Waals surface area (Å²) in [6, 6.07) is 8.64. The summed E-state index contributed by atoms with van der Waals surface area (Å²) in [5, 5.41) is 0. The van der Waals surface area contributed by atoms with E-state index in [9.17, 15) is 0 Å². The molecule has 3 aliphatic carbocycles. The quantitative estimate of drug-likeness (QED) is 0.247. The van der Waals surface area contributed by atoms with E-state index in [1.54, 1.807) is 0 Å². The molecule has 0 unspecified atom stereocenters. The van der Waals surface area contributed by atoms with E-state index in [0.717, 1.165) is 48.0 Å². The molecule has 0 fully saturated rings. The Bertz CT molecular complexity index is 1560. The Morgan fingerprint density at radius 1 is 0.738 bits per heavy atom. The van der Waals surface area contributed by atoms with E-state index in [2.05, 4.69) is 140 Å². The molecule has 2 nitrogen and oxygen atoms in total. The predicted octanol–water partition coefficient (Wildman–Crippen LogP) is 9.98. The summed E-state index contributed by atoms with van der Waals surface area (Å²) in [4.78, 5) is 0. The molecule has 0 amide bonds. The Labute approximate surface area is 254 Å². The maximum atomic E-state index is 6.94. The highest BCUT2D eigenvalue weighted by Crippen LogP contribution is 2.45. The Kier molecular flexibility index (Phi) is 10.0. The smallest absolute Gasteiger partial charge is 0.117 e. The lowest BCUT2D eigenvalue weighted by Crippen LogP contribution is -2.51. The van der Waals surface area contributed by atoms with Crippen molar-refractivity contribution in [2.45, 2.75) is 79.8 Å². The summed E-state index contributed by atoms with van der Waals surface area (Å²) >= 11 is 0. The minimum Gasteiger partial charge on any atom is -0.306 e. The maximum Gasteiger partial charge on any atom is 0.117 e. The third kappa shape index (κ3) is 7.18. The van der Waals surface area contributed by atoms with Gasteiger partial charge in [0, 0.05) is 0 Å². The minimum atomic E-state index is -1.04. The van der Waals surface area contributed by atoms with Crippen molar-refractivity contribution in [3.8, 4) is 0 Å². The van der Waals surface area contributed by atoms with Gasteiger partial charge in [0.2, 0.25) is 0 Å². The van der Waals surface area contributed by atoms with Crippen molar-refractivity contribution in [2.75, 3.05) is 0 Å². The van der Waals surface area contributed by atoms with Gasteiger partial charge in [-0.15, -0.1) is 0 Å². The summed E-state index contributed by atoms with van der Waals surface area (Å²) in [6.45, 7) is 15.0. The van der Waals surface area contributed by atoms with E-state index in [1.807, 2.05) is 0 Å². The number of hydrogen-bond donors (Lipinski definition) is 2. The molecule has 0 saturated carbocycles. The molecular formula is C40H48N2. The zero-order valence-corrected chi connectivity index (χ0v) is 26.6. The topological polar surface area (TPSA) is 52.0 Å². The summed E-state index contributed by atoms with van der Waals surface area (Å²) in [6.07, 6.45) is 28.3. The second-order valence-corrected chi connectivity index (χ2v) is 12.1. The lowest BCUT2D eigenvalue weighted by atomic mass is 9.85. The summed E-state index contributed by atoms with van der Waals surface area (Å²) < 4.78 is 0. The average Bonchev–Trinajstić information content (AvgIpc) is 3.19. The van der Waals surface area contributed by atoms with Crippen LogP contribution in [0.1, 0.15) is 78.4 Å². The van der Waals surface area contributed by atoms with Crippen LogP contribution in [0, 0.1) is 6.92 Å². The Morgan fingerprint density at radius 3 is 2.02 bits per heavy atom. The fourth-order valence-electron chi connectivity index (χ4n) is 5.78. The molecule has 42 heavy (non-hydrogen) atoms. The molecule has 0 atom stereocenters. The van der Waals surface area contributed by atoms with Crippen LogP contribution in [0.25, 0.3) is 5.57 Å². The number of hydrogen-bond acceptors (Lipinski definition) is 2. The molecule has 0 heterocycles. The van der Waals surface area contributed by atoms with Crippen LogP contribution in [0.3, 0.4) is 0 Å². The first-order valence-electron chi connectivity index (χ1n) is 15.2. The molecule has 0 saturated heterocycles. The molecule has 0 aromatic heterocycles. The molecule has 1 aromatic rings. The first-order valence-corrected chi connectivity index (χ1v) is 15.2. The maximum absolute atomic E-state index is 6.94. The molecule has 2 heteroatoms. The van der Waals surface area contributed by atoms with Gasteiger partial charge < -0.3 is 11.5 Å². The molecule has 1 aromatic carbocycles. The highest BCUT2D eigenvalue weighted by molar-refractivity contribution is 5.69. The Morgan fingerprint density at radius 2 is 1.38 bits per heavy atom. The Hall–Kier alpha value is -3.72. The standard InChI is InChI=1S/C40H48N2/c1-8-9-36-37-24-23-35(32(7)18-17-31(6)34-21-13-29(4)14-22-34)26-39(37)40(41,42)38(36)25-15-27(2)10-16-30(5)33-19-11-28(3)12-20-33/h8-13,15-21,25-26H,14,22-24,41-42H2,1-7H3/b9-8-,25-15+,27-10+,30-16+,31-17+,32-18+. The molecule has 4 rings (SSSR count). The highest BCUT2D eigenvalue weighted by atomic mass is 15.0. The van der Waals surface area contributed by atoms with Gasteiger partial charge in [-0.05, 0) is 130 Å². The van der Waals surface area contributed by atoms with Gasteiger partial charge in [0.15, 0.2) is 0 Å². The van der Waals surface area contributed by atoms with Crippen molar-refractivity contribution in [1.82, 2.24) is 0 Å². The van der Waals surface area contributed by atoms with Gasteiger partial charge >= 0.3 is 0 Å². The van der Waals surface area contributed by atoms with E-state index in [4.69, 9.17) is 11.5 Å². The van der Waals surface area contributed by atoms with E-state index in [1.165, 1.54) is 50.1 Å². The molecule has 4 N–H and O–H groups in total. The summed E-state index contributed by atoms with van der Waals surface area (Å²) in [5.74, 6) is 0. The van der Waals surface area contributed by atoms with Crippen molar-refractivity contribution in [3.63, 3.8) is 0 Å². The molecule has 0 radical (unpaired) electrons. The fourth-order valence-corrected chi connectivity index (χ4v) is 5.78. The van der Waals surface area contributed by atoms with Crippen molar-refractivity contribution < 1.29 is 0 Å². The third-order valence-electron chi connectivity index (χ3n) is 8.70. The normalized spacial score (nSPS) is 20.5. The molecule has 218 valence electrons. The van der Waals surface area contributed by atoms with Crippen LogP contribution < -0.4 is 11.5 Å². The first-order chi connectivity index (χ1) is 20.0. The third-order valence-corrected chi connectivity index (χ3v) is 8.70. The van der Waals surface area contributed by atoms with E-state index < -0.39 is 5.66 Å². The monoisotopic (exact) mass is 556 g/mol. The number of allylic oxidation sites excluding steroid dienone is 18. The van der Waals surface area contributed by atoms with E-state index in [0.29, 0.717) is 0 Å². The number of rotatable bonds is 8. The molecule has 0 bridgehead atoms. The zero-order valence-electron chi connectivity index (χ0n) is 26.6. The van der Waals surface area contributed by atoms with Crippen LogP contribution in [0.5, 0.6) is 0 Å². The number of benzene rings is 1. The lowest BCUT2D eigenvalue weighted by Gasteiger charge is -2.27. The van der Waals surface area contributed by atoms with Gasteiger partial charge in [0.1, 0.15) is 5.66 Å². The van der Waals surface area contributed by atoms with Crippen LogP contribution in [-0.4, -0.2) is 5.66 Å². The molecular weight excluding hydrogens is 508 g/mol. The number of aryl methyl sites for hydroxylation is 1. The molecule has 3 aliphatic rings. The lowest BCUT2D eigenvalue weighted by molar-refractivity contribution is 0.638. The van der Waals surface area contributed by atoms with Crippen molar-refractivity contribution in [1.29, 1.82) is 0 Å². The second kappa shape index (κ2) is 13.5. The van der Waals surface area contributed by atoms with Gasteiger partial charge in [-0.25, -0.2) is 0 Å². The van der Waals surface area contributed by atoms with Crippen molar-refractivity contribution in [2.24, 2.45) is 11.5 Å². The Balaban J connectivity index is 1.57. The van der Waals surface area contributed by atoms with Crippen LogP contribution >= 0.6 is 0 Å². The van der Waals surface area contributed by atoms with Crippen molar-refractivity contribution >= 4 is 5.57 Å². The van der Waals surface area contributed by atoms with Gasteiger partial charge in [0.05, 0.1) is 0 Å².